The number of halogens is 2. The Kier molecular flexibility index (Phi) is 9.67. The Morgan fingerprint density at radius 3 is 2.71 bits per heavy atom. The normalized spacial score (nSPS) is 15.1. The number of nitrogens with zero attached hydrogens (tertiary/aromatic N) is 2. The van der Waals surface area contributed by atoms with Crippen LogP contribution in [0.15, 0.2) is 40.7 Å². The Morgan fingerprint density at radius 1 is 1.32 bits per heavy atom. The fourth-order valence-corrected chi connectivity index (χ4v) is 4.31. The fourth-order valence-electron chi connectivity index (χ4n) is 3.26. The smallest absolute Gasteiger partial charge is 0.191 e. The monoisotopic (exact) mass is 534 g/mol. The number of benzene rings is 1. The maximum absolute atomic E-state index is 6.31. The number of piperidine rings is 1. The van der Waals surface area contributed by atoms with Gasteiger partial charge in [-0.2, -0.15) is 0 Å². The zero-order chi connectivity index (χ0) is 19.1. The molecular formula is C20H28ClIN4OS. The number of hydrogen-bond donors (Lipinski definition) is 2. The van der Waals surface area contributed by atoms with Crippen LogP contribution in [0.1, 0.15) is 18.4 Å². The van der Waals surface area contributed by atoms with Crippen molar-refractivity contribution in [1.82, 2.24) is 10.6 Å². The average molecular weight is 535 g/mol. The molecule has 1 aromatic heterocycles. The second-order valence-corrected chi connectivity index (χ2v) is 7.90. The Bertz CT molecular complexity index is 749. The molecule has 28 heavy (non-hydrogen) atoms. The number of thiophene rings is 1. The van der Waals surface area contributed by atoms with Gasteiger partial charge in [0, 0.05) is 37.7 Å². The molecule has 2 heterocycles. The Morgan fingerprint density at radius 2 is 2.11 bits per heavy atom. The third-order valence-corrected chi connectivity index (χ3v) is 6.11. The summed E-state index contributed by atoms with van der Waals surface area (Å²) >= 11 is 8.12. The van der Waals surface area contributed by atoms with Gasteiger partial charge in [0.15, 0.2) is 5.96 Å². The summed E-state index contributed by atoms with van der Waals surface area (Å²) in [5.41, 5.74) is 1.10. The van der Waals surface area contributed by atoms with E-state index < -0.39 is 0 Å². The van der Waals surface area contributed by atoms with Gasteiger partial charge < -0.3 is 20.3 Å². The number of hydrogen-bond acceptors (Lipinski definition) is 4. The number of anilines is 1. The van der Waals surface area contributed by atoms with Crippen LogP contribution < -0.4 is 20.3 Å². The molecule has 1 aliphatic rings. The van der Waals surface area contributed by atoms with Crippen LogP contribution in [0.2, 0.25) is 5.02 Å². The summed E-state index contributed by atoms with van der Waals surface area (Å²) in [4.78, 5) is 6.82. The summed E-state index contributed by atoms with van der Waals surface area (Å²) in [5, 5.41) is 11.2. The van der Waals surface area contributed by atoms with E-state index in [0.29, 0.717) is 6.04 Å². The van der Waals surface area contributed by atoms with E-state index in [1.54, 1.807) is 7.11 Å². The van der Waals surface area contributed by atoms with Crippen LogP contribution in [-0.2, 0) is 6.42 Å². The Balaban J connectivity index is 0.00000280. The van der Waals surface area contributed by atoms with Crippen LogP contribution >= 0.6 is 46.9 Å². The fraction of sp³-hybridized carbons (Fsp3) is 0.450. The molecule has 0 amide bonds. The quantitative estimate of drug-likeness (QED) is 0.328. The molecule has 0 atom stereocenters. The van der Waals surface area contributed by atoms with Gasteiger partial charge in [-0.25, -0.2) is 0 Å². The molecule has 0 unspecified atom stereocenters. The lowest BCUT2D eigenvalue weighted by atomic mass is 10.1. The predicted octanol–water partition coefficient (Wildman–Crippen LogP) is 4.40. The lowest BCUT2D eigenvalue weighted by molar-refractivity contribution is 0.414. The van der Waals surface area contributed by atoms with Crippen molar-refractivity contribution in [3.8, 4) is 5.75 Å². The van der Waals surface area contributed by atoms with Crippen LogP contribution in [0.5, 0.6) is 5.75 Å². The molecule has 8 heteroatoms. The van der Waals surface area contributed by atoms with Crippen molar-refractivity contribution >= 4 is 57.9 Å². The van der Waals surface area contributed by atoms with E-state index in [0.717, 1.165) is 61.2 Å². The second kappa shape index (κ2) is 11.7. The predicted molar refractivity (Wildman–Crippen MR) is 131 cm³/mol. The van der Waals surface area contributed by atoms with E-state index >= 15 is 0 Å². The van der Waals surface area contributed by atoms with Gasteiger partial charge >= 0.3 is 0 Å². The summed E-state index contributed by atoms with van der Waals surface area (Å²) in [7, 11) is 3.46. The molecule has 0 spiro atoms. The molecule has 5 nitrogen and oxygen atoms in total. The number of ether oxygens (including phenoxy) is 1. The largest absolute Gasteiger partial charge is 0.497 e. The number of aliphatic imine (C=N–C) groups is 1. The summed E-state index contributed by atoms with van der Waals surface area (Å²) < 4.78 is 5.19. The third kappa shape index (κ3) is 6.42. The van der Waals surface area contributed by atoms with Crippen LogP contribution in [-0.4, -0.2) is 45.8 Å². The van der Waals surface area contributed by atoms with Crippen LogP contribution in [0.3, 0.4) is 0 Å². The third-order valence-electron chi connectivity index (χ3n) is 4.82. The van der Waals surface area contributed by atoms with Gasteiger partial charge in [0.2, 0.25) is 0 Å². The van der Waals surface area contributed by atoms with E-state index in [9.17, 15) is 0 Å². The highest BCUT2D eigenvalue weighted by atomic mass is 127. The highest BCUT2D eigenvalue weighted by molar-refractivity contribution is 14.0. The van der Waals surface area contributed by atoms with E-state index in [2.05, 4.69) is 38.0 Å². The second-order valence-electron chi connectivity index (χ2n) is 6.56. The summed E-state index contributed by atoms with van der Waals surface area (Å²) in [6.45, 7) is 2.94. The van der Waals surface area contributed by atoms with Gasteiger partial charge in [0.1, 0.15) is 5.75 Å². The minimum atomic E-state index is 0. The zero-order valence-corrected chi connectivity index (χ0v) is 20.2. The van der Waals surface area contributed by atoms with Crippen molar-refractivity contribution in [2.24, 2.45) is 4.99 Å². The molecule has 1 aromatic carbocycles. The average Bonchev–Trinajstić information content (AvgIpc) is 3.23. The number of rotatable bonds is 6. The zero-order valence-electron chi connectivity index (χ0n) is 16.3. The SMILES string of the molecule is CN=C(NCCc1ccc(OC)cc1Cl)NC1CCN(c2cccs2)CC1.I. The first kappa shape index (κ1) is 23.1. The van der Waals surface area contributed by atoms with Gasteiger partial charge in [0.05, 0.1) is 12.1 Å². The highest BCUT2D eigenvalue weighted by Crippen LogP contribution is 2.25. The van der Waals surface area contributed by atoms with Crippen molar-refractivity contribution < 1.29 is 4.74 Å². The minimum absolute atomic E-state index is 0. The molecule has 0 radical (unpaired) electrons. The minimum Gasteiger partial charge on any atom is -0.497 e. The Labute approximate surface area is 193 Å². The highest BCUT2D eigenvalue weighted by Gasteiger charge is 2.20. The lowest BCUT2D eigenvalue weighted by Gasteiger charge is -2.33. The number of methoxy groups -OCH3 is 1. The van der Waals surface area contributed by atoms with Crippen molar-refractivity contribution in [1.29, 1.82) is 0 Å². The molecule has 2 aromatic rings. The van der Waals surface area contributed by atoms with Crippen LogP contribution in [0.4, 0.5) is 5.00 Å². The van der Waals surface area contributed by atoms with Crippen molar-refractivity contribution in [3.05, 3.63) is 46.3 Å². The molecule has 154 valence electrons. The molecule has 0 aliphatic carbocycles. The van der Waals surface area contributed by atoms with E-state index in [1.807, 2.05) is 36.6 Å². The molecule has 1 aliphatic heterocycles. The lowest BCUT2D eigenvalue weighted by Crippen LogP contribution is -2.49. The number of guanidine groups is 1. The molecule has 3 rings (SSSR count). The van der Waals surface area contributed by atoms with Crippen LogP contribution in [0, 0.1) is 0 Å². The summed E-state index contributed by atoms with van der Waals surface area (Å²) in [6, 6.07) is 10.6. The van der Waals surface area contributed by atoms with E-state index in [1.165, 1.54) is 5.00 Å². The van der Waals surface area contributed by atoms with Crippen molar-refractivity contribution in [3.63, 3.8) is 0 Å². The topological polar surface area (TPSA) is 48.9 Å². The maximum Gasteiger partial charge on any atom is 0.191 e. The summed E-state index contributed by atoms with van der Waals surface area (Å²) in [6.07, 6.45) is 3.06. The maximum atomic E-state index is 6.31. The first-order valence-electron chi connectivity index (χ1n) is 9.27. The van der Waals surface area contributed by atoms with Gasteiger partial charge in [-0.05, 0) is 54.5 Å². The van der Waals surface area contributed by atoms with Gasteiger partial charge in [-0.1, -0.05) is 17.7 Å². The van der Waals surface area contributed by atoms with Crippen molar-refractivity contribution in [2.45, 2.75) is 25.3 Å². The standard InChI is InChI=1S/C20H27ClN4OS.HI/c1-22-20(23-10-7-15-5-6-17(26-2)14-18(15)21)24-16-8-11-25(12-9-16)19-4-3-13-27-19;/h3-6,13-14,16H,7-12H2,1-2H3,(H2,22,23,24);1H. The Hall–Kier alpha value is -1.19. The molecule has 2 N–H and O–H groups in total. The van der Waals surface area contributed by atoms with Crippen molar-refractivity contribution in [2.75, 3.05) is 38.7 Å². The molecule has 1 saturated heterocycles. The number of nitrogens with one attached hydrogen (secondary N) is 2. The first-order chi connectivity index (χ1) is 13.2. The molecular weight excluding hydrogens is 507 g/mol. The van der Waals surface area contributed by atoms with E-state index in [4.69, 9.17) is 16.3 Å². The van der Waals surface area contributed by atoms with Gasteiger partial charge in [-0.3, -0.25) is 4.99 Å². The van der Waals surface area contributed by atoms with E-state index in [-0.39, 0.29) is 24.0 Å². The van der Waals surface area contributed by atoms with Crippen LogP contribution in [0.25, 0.3) is 0 Å². The summed E-state index contributed by atoms with van der Waals surface area (Å²) in [5.74, 6) is 1.64. The van der Waals surface area contributed by atoms with Gasteiger partial charge in [0.25, 0.3) is 0 Å². The molecule has 0 bridgehead atoms. The first-order valence-corrected chi connectivity index (χ1v) is 10.5. The van der Waals surface area contributed by atoms with Gasteiger partial charge in [-0.15, -0.1) is 35.3 Å². The molecule has 1 fully saturated rings. The molecule has 0 saturated carbocycles.